The zero-order chi connectivity index (χ0) is 14.3. The highest BCUT2D eigenvalue weighted by atomic mass is 127. The van der Waals surface area contributed by atoms with Crippen molar-refractivity contribution in [3.63, 3.8) is 0 Å². The molecule has 0 spiro atoms. The van der Waals surface area contributed by atoms with Gasteiger partial charge >= 0.3 is 0 Å². The Bertz CT molecular complexity index is 581. The van der Waals surface area contributed by atoms with Crippen molar-refractivity contribution < 1.29 is 14.7 Å². The molecular weight excluding hydrogens is 369 g/mol. The van der Waals surface area contributed by atoms with E-state index in [-0.39, 0.29) is 17.7 Å². The van der Waals surface area contributed by atoms with E-state index in [0.29, 0.717) is 5.69 Å². The van der Waals surface area contributed by atoms with Crippen LogP contribution in [0.5, 0.6) is 0 Å². The molecule has 4 atom stereocenters. The zero-order valence-electron chi connectivity index (χ0n) is 10.6. The number of nitrogens with one attached hydrogen (secondary N) is 1. The van der Waals surface area contributed by atoms with Crippen molar-refractivity contribution in [1.82, 2.24) is 0 Å². The predicted octanol–water partition coefficient (Wildman–Crippen LogP) is 1.42. The Morgan fingerprint density at radius 3 is 2.30 bits per heavy atom. The molecule has 104 valence electrons. The van der Waals surface area contributed by atoms with Crippen LogP contribution >= 0.6 is 22.6 Å². The normalized spacial score (nSPS) is 30.4. The van der Waals surface area contributed by atoms with Gasteiger partial charge < -0.3 is 15.2 Å². The van der Waals surface area contributed by atoms with Crippen LogP contribution in [0.25, 0.3) is 0 Å². The molecule has 4 nitrogen and oxygen atoms in total. The highest BCUT2D eigenvalue weighted by Crippen LogP contribution is 2.48. The fourth-order valence-electron chi connectivity index (χ4n) is 3.26. The summed E-state index contributed by atoms with van der Waals surface area (Å²) in [7, 11) is 0. The van der Waals surface area contributed by atoms with Crippen molar-refractivity contribution in [3.05, 3.63) is 40.0 Å². The average Bonchev–Trinajstić information content (AvgIpc) is 3.01. The van der Waals surface area contributed by atoms with Crippen molar-refractivity contribution in [2.24, 2.45) is 23.7 Å². The average molecular weight is 382 g/mol. The molecule has 3 rings (SSSR count). The lowest BCUT2D eigenvalue weighted by Gasteiger charge is -2.27. The molecule has 5 heteroatoms. The summed E-state index contributed by atoms with van der Waals surface area (Å²) < 4.78 is 1.08. The van der Waals surface area contributed by atoms with Crippen molar-refractivity contribution in [2.75, 3.05) is 5.32 Å². The van der Waals surface area contributed by atoms with Gasteiger partial charge in [0, 0.05) is 21.1 Å². The largest absolute Gasteiger partial charge is 0.550 e. The van der Waals surface area contributed by atoms with E-state index in [2.05, 4.69) is 27.9 Å². The van der Waals surface area contributed by atoms with E-state index in [1.807, 2.05) is 36.4 Å². The number of halogens is 1. The van der Waals surface area contributed by atoms with Gasteiger partial charge in [-0.3, -0.25) is 4.79 Å². The van der Waals surface area contributed by atoms with E-state index in [0.717, 1.165) is 9.99 Å². The lowest BCUT2D eigenvalue weighted by Crippen LogP contribution is -2.42. The second-order valence-corrected chi connectivity index (χ2v) is 6.56. The van der Waals surface area contributed by atoms with Gasteiger partial charge in [-0.1, -0.05) is 12.2 Å². The number of carbonyl (C=O) groups is 2. The van der Waals surface area contributed by atoms with Crippen molar-refractivity contribution in [3.8, 4) is 0 Å². The highest BCUT2D eigenvalue weighted by Gasteiger charge is 2.48. The molecule has 0 unspecified atom stereocenters. The van der Waals surface area contributed by atoms with Crippen molar-refractivity contribution in [2.45, 2.75) is 6.42 Å². The van der Waals surface area contributed by atoms with E-state index in [1.165, 1.54) is 0 Å². The van der Waals surface area contributed by atoms with Gasteiger partial charge in [-0.05, 0) is 65.1 Å². The van der Waals surface area contributed by atoms with E-state index < -0.39 is 17.8 Å². The Labute approximate surface area is 130 Å². The van der Waals surface area contributed by atoms with Crippen LogP contribution in [0.2, 0.25) is 0 Å². The number of allylic oxidation sites excluding steroid dienone is 2. The Hall–Kier alpha value is -1.37. The SMILES string of the molecule is O=C([O-])[C@@H]1[C@H](C(=O)Nc2ccc(I)cc2)[C@H]2C=C[C@H]1C2. The molecule has 1 N–H and O–H groups in total. The van der Waals surface area contributed by atoms with Gasteiger partial charge in [0.05, 0.1) is 5.92 Å². The minimum atomic E-state index is -1.12. The lowest BCUT2D eigenvalue weighted by molar-refractivity contribution is -0.313. The monoisotopic (exact) mass is 382 g/mol. The summed E-state index contributed by atoms with van der Waals surface area (Å²) in [6, 6.07) is 7.42. The molecular formula is C15H13INO3-. The lowest BCUT2D eigenvalue weighted by atomic mass is 9.82. The van der Waals surface area contributed by atoms with Crippen molar-refractivity contribution >= 4 is 40.2 Å². The number of anilines is 1. The van der Waals surface area contributed by atoms with Gasteiger partial charge in [-0.15, -0.1) is 0 Å². The molecule has 0 saturated heterocycles. The minimum Gasteiger partial charge on any atom is -0.550 e. The maximum absolute atomic E-state index is 12.4. The Morgan fingerprint density at radius 1 is 1.10 bits per heavy atom. The van der Waals surface area contributed by atoms with Crippen LogP contribution in [0.4, 0.5) is 5.69 Å². The summed E-state index contributed by atoms with van der Waals surface area (Å²) in [5.41, 5.74) is 0.694. The summed E-state index contributed by atoms with van der Waals surface area (Å²) in [6.45, 7) is 0. The third-order valence-electron chi connectivity index (χ3n) is 4.15. The van der Waals surface area contributed by atoms with Crippen LogP contribution in [0.15, 0.2) is 36.4 Å². The number of hydrogen-bond acceptors (Lipinski definition) is 3. The molecule has 0 aliphatic heterocycles. The Balaban J connectivity index is 1.78. The van der Waals surface area contributed by atoms with E-state index >= 15 is 0 Å². The van der Waals surface area contributed by atoms with Crippen LogP contribution in [0, 0.1) is 27.2 Å². The summed E-state index contributed by atoms with van der Waals surface area (Å²) in [6.07, 6.45) is 4.60. The van der Waals surface area contributed by atoms with Gasteiger partial charge in [0.1, 0.15) is 0 Å². The van der Waals surface area contributed by atoms with E-state index in [4.69, 9.17) is 0 Å². The third kappa shape index (κ3) is 2.34. The zero-order valence-corrected chi connectivity index (χ0v) is 12.7. The number of hydrogen-bond donors (Lipinski definition) is 1. The summed E-state index contributed by atoms with van der Waals surface area (Å²) >= 11 is 2.19. The summed E-state index contributed by atoms with van der Waals surface area (Å²) in [4.78, 5) is 23.6. The third-order valence-corrected chi connectivity index (χ3v) is 4.87. The van der Waals surface area contributed by atoms with Gasteiger partial charge in [-0.25, -0.2) is 0 Å². The first-order valence-electron chi connectivity index (χ1n) is 6.52. The smallest absolute Gasteiger partial charge is 0.228 e. The molecule has 1 aromatic carbocycles. The number of aliphatic carboxylic acids is 1. The number of carboxylic acids is 1. The van der Waals surface area contributed by atoms with Crippen LogP contribution in [-0.2, 0) is 9.59 Å². The topological polar surface area (TPSA) is 69.2 Å². The molecule has 2 aliphatic rings. The highest BCUT2D eigenvalue weighted by molar-refractivity contribution is 14.1. The number of benzene rings is 1. The van der Waals surface area contributed by atoms with Crippen LogP contribution in [0.1, 0.15) is 6.42 Å². The summed E-state index contributed by atoms with van der Waals surface area (Å²) in [5.74, 6) is -2.60. The fourth-order valence-corrected chi connectivity index (χ4v) is 3.62. The molecule has 0 heterocycles. The van der Waals surface area contributed by atoms with Gasteiger partial charge in [0.2, 0.25) is 5.91 Å². The Morgan fingerprint density at radius 2 is 1.70 bits per heavy atom. The second kappa shape index (κ2) is 5.20. The first-order chi connectivity index (χ1) is 9.56. The van der Waals surface area contributed by atoms with Crippen LogP contribution < -0.4 is 10.4 Å². The molecule has 1 amide bonds. The quantitative estimate of drug-likeness (QED) is 0.635. The number of rotatable bonds is 3. The molecule has 2 aliphatic carbocycles. The van der Waals surface area contributed by atoms with Crippen LogP contribution in [-0.4, -0.2) is 11.9 Å². The number of carbonyl (C=O) groups excluding carboxylic acids is 2. The van der Waals surface area contributed by atoms with Crippen LogP contribution in [0.3, 0.4) is 0 Å². The number of amides is 1. The van der Waals surface area contributed by atoms with Gasteiger partial charge in [0.25, 0.3) is 0 Å². The first kappa shape index (κ1) is 13.6. The van der Waals surface area contributed by atoms with Crippen molar-refractivity contribution in [1.29, 1.82) is 0 Å². The number of fused-ring (bicyclic) bond motifs is 2. The standard InChI is InChI=1S/C15H14INO3/c16-10-3-5-11(6-4-10)17-14(18)12-8-1-2-9(7-8)13(12)15(19)20/h1-6,8-9,12-13H,7H2,(H,17,18)(H,19,20)/p-1/t8-,9-,12+,13-/m0/s1. The summed E-state index contributed by atoms with van der Waals surface area (Å²) in [5, 5.41) is 14.1. The van der Waals surface area contributed by atoms with Gasteiger partial charge in [-0.2, -0.15) is 0 Å². The second-order valence-electron chi connectivity index (χ2n) is 5.32. The molecule has 2 bridgehead atoms. The molecule has 1 fully saturated rings. The maximum Gasteiger partial charge on any atom is 0.228 e. The Kier molecular flexibility index (Phi) is 3.54. The minimum absolute atomic E-state index is 0.0201. The molecule has 1 aromatic rings. The maximum atomic E-state index is 12.4. The molecule has 20 heavy (non-hydrogen) atoms. The van der Waals surface area contributed by atoms with E-state index in [9.17, 15) is 14.7 Å². The molecule has 0 aromatic heterocycles. The molecule has 1 saturated carbocycles. The van der Waals surface area contributed by atoms with E-state index in [1.54, 1.807) is 0 Å². The van der Waals surface area contributed by atoms with Gasteiger partial charge in [0.15, 0.2) is 0 Å². The number of carboxylic acid groups (broad SMARTS) is 1. The molecule has 0 radical (unpaired) electrons. The first-order valence-corrected chi connectivity index (χ1v) is 7.60. The fraction of sp³-hybridized carbons (Fsp3) is 0.333. The predicted molar refractivity (Wildman–Crippen MR) is 80.5 cm³/mol.